The average Bonchev–Trinajstić information content (AvgIpc) is 2.60. The quantitative estimate of drug-likeness (QED) is 0.785. The van der Waals surface area contributed by atoms with Crippen molar-refractivity contribution in [2.75, 3.05) is 13.6 Å². The van der Waals surface area contributed by atoms with Crippen molar-refractivity contribution in [2.24, 2.45) is 0 Å². The van der Waals surface area contributed by atoms with Crippen LogP contribution in [-0.2, 0) is 11.3 Å². The lowest BCUT2D eigenvalue weighted by Crippen LogP contribution is -2.36. The summed E-state index contributed by atoms with van der Waals surface area (Å²) in [6.07, 6.45) is 4.35. The van der Waals surface area contributed by atoms with Crippen LogP contribution in [-0.4, -0.2) is 40.4 Å². The lowest BCUT2D eigenvalue weighted by molar-refractivity contribution is -0.128. The van der Waals surface area contributed by atoms with Crippen LogP contribution in [0.5, 0.6) is 0 Å². The van der Waals surface area contributed by atoms with E-state index < -0.39 is 0 Å². The fraction of sp³-hybridized carbons (Fsp3) is 0.545. The molecular weight excluding hydrogens is 204 g/mol. The molecule has 1 aliphatic rings. The highest BCUT2D eigenvalue weighted by Crippen LogP contribution is 2.08. The summed E-state index contributed by atoms with van der Waals surface area (Å²) in [6, 6.07) is -0.0619. The smallest absolute Gasteiger partial charge is 0.239 e. The van der Waals surface area contributed by atoms with Gasteiger partial charge in [-0.15, -0.1) is 0 Å². The first-order valence-electron chi connectivity index (χ1n) is 5.42. The molecule has 0 spiro atoms. The van der Waals surface area contributed by atoms with Crippen LogP contribution >= 0.6 is 0 Å². The van der Waals surface area contributed by atoms with E-state index in [0.29, 0.717) is 6.54 Å². The van der Waals surface area contributed by atoms with E-state index in [-0.39, 0.29) is 11.9 Å². The summed E-state index contributed by atoms with van der Waals surface area (Å²) in [5.41, 5.74) is 1.77. The summed E-state index contributed by atoms with van der Waals surface area (Å²) < 4.78 is 0. The van der Waals surface area contributed by atoms with Crippen LogP contribution < -0.4 is 5.32 Å². The number of carbonyl (C=O) groups is 1. The van der Waals surface area contributed by atoms with Crippen molar-refractivity contribution in [2.45, 2.75) is 25.9 Å². The Morgan fingerprint density at radius 1 is 1.50 bits per heavy atom. The Kier molecular flexibility index (Phi) is 3.14. The van der Waals surface area contributed by atoms with Gasteiger partial charge in [0.05, 0.1) is 17.4 Å². The van der Waals surface area contributed by atoms with E-state index in [0.717, 1.165) is 24.4 Å². The van der Waals surface area contributed by atoms with Gasteiger partial charge < -0.3 is 10.2 Å². The number of likely N-dealkylation sites (tertiary alicyclic amines) is 1. The average molecular weight is 220 g/mol. The van der Waals surface area contributed by atoms with E-state index in [2.05, 4.69) is 15.3 Å². The maximum Gasteiger partial charge on any atom is 0.239 e. The molecule has 5 nitrogen and oxygen atoms in total. The van der Waals surface area contributed by atoms with Gasteiger partial charge in [0, 0.05) is 32.5 Å². The monoisotopic (exact) mass is 220 g/mol. The van der Waals surface area contributed by atoms with Crippen LogP contribution in [0.2, 0.25) is 0 Å². The van der Waals surface area contributed by atoms with Crippen molar-refractivity contribution in [1.82, 2.24) is 20.2 Å². The second-order valence-corrected chi connectivity index (χ2v) is 4.13. The van der Waals surface area contributed by atoms with Crippen LogP contribution in [0.25, 0.3) is 0 Å². The number of carbonyl (C=O) groups excluding carboxylic acids is 1. The number of nitrogens with zero attached hydrogens (tertiary/aromatic N) is 3. The SMILES string of the molecule is Cc1cnc(CNC2CCN(C)C2=O)cn1. The Morgan fingerprint density at radius 3 is 2.88 bits per heavy atom. The number of aromatic nitrogens is 2. The highest BCUT2D eigenvalue weighted by Gasteiger charge is 2.28. The molecule has 1 saturated heterocycles. The van der Waals surface area contributed by atoms with E-state index in [1.807, 2.05) is 14.0 Å². The molecule has 1 amide bonds. The van der Waals surface area contributed by atoms with Crippen molar-refractivity contribution in [3.05, 3.63) is 23.8 Å². The van der Waals surface area contributed by atoms with Gasteiger partial charge in [-0.05, 0) is 13.3 Å². The van der Waals surface area contributed by atoms with Gasteiger partial charge in [0.2, 0.25) is 5.91 Å². The fourth-order valence-electron chi connectivity index (χ4n) is 1.75. The number of amides is 1. The van der Waals surface area contributed by atoms with E-state index in [4.69, 9.17) is 0 Å². The van der Waals surface area contributed by atoms with Crippen LogP contribution in [0.1, 0.15) is 17.8 Å². The minimum atomic E-state index is -0.0619. The van der Waals surface area contributed by atoms with E-state index >= 15 is 0 Å². The number of nitrogens with one attached hydrogen (secondary N) is 1. The Balaban J connectivity index is 1.88. The third-order valence-electron chi connectivity index (χ3n) is 2.79. The minimum Gasteiger partial charge on any atom is -0.344 e. The first kappa shape index (κ1) is 11.0. The summed E-state index contributed by atoms with van der Waals surface area (Å²) in [5.74, 6) is 0.167. The molecule has 1 aromatic heterocycles. The summed E-state index contributed by atoms with van der Waals surface area (Å²) in [7, 11) is 1.83. The largest absolute Gasteiger partial charge is 0.344 e. The molecular formula is C11H16N4O. The van der Waals surface area contributed by atoms with Crippen molar-refractivity contribution < 1.29 is 4.79 Å². The van der Waals surface area contributed by atoms with E-state index in [9.17, 15) is 4.79 Å². The molecule has 86 valence electrons. The van der Waals surface area contributed by atoms with Gasteiger partial charge in [-0.25, -0.2) is 0 Å². The maximum absolute atomic E-state index is 11.6. The molecule has 0 aromatic carbocycles. The zero-order chi connectivity index (χ0) is 11.5. The van der Waals surface area contributed by atoms with Crippen molar-refractivity contribution in [3.63, 3.8) is 0 Å². The second-order valence-electron chi connectivity index (χ2n) is 4.13. The van der Waals surface area contributed by atoms with E-state index in [1.54, 1.807) is 17.3 Å². The molecule has 1 aromatic rings. The Labute approximate surface area is 94.9 Å². The molecule has 0 radical (unpaired) electrons. The first-order chi connectivity index (χ1) is 7.66. The number of hydrogen-bond acceptors (Lipinski definition) is 4. The molecule has 1 unspecified atom stereocenters. The summed E-state index contributed by atoms with van der Waals surface area (Å²) >= 11 is 0. The van der Waals surface area contributed by atoms with Gasteiger partial charge >= 0.3 is 0 Å². The summed E-state index contributed by atoms with van der Waals surface area (Å²) in [4.78, 5) is 21.8. The summed E-state index contributed by atoms with van der Waals surface area (Å²) in [6.45, 7) is 3.33. The number of aryl methyl sites for hydroxylation is 1. The van der Waals surface area contributed by atoms with Gasteiger partial charge in [-0.2, -0.15) is 0 Å². The molecule has 2 rings (SSSR count). The molecule has 1 atom stereocenters. The van der Waals surface area contributed by atoms with Gasteiger partial charge in [0.1, 0.15) is 0 Å². The normalized spacial score (nSPS) is 20.5. The molecule has 1 fully saturated rings. The zero-order valence-corrected chi connectivity index (χ0v) is 9.60. The third kappa shape index (κ3) is 2.36. The molecule has 16 heavy (non-hydrogen) atoms. The minimum absolute atomic E-state index is 0.0619. The maximum atomic E-state index is 11.6. The molecule has 1 aliphatic heterocycles. The number of likely N-dealkylation sites (N-methyl/N-ethyl adjacent to an activating group) is 1. The van der Waals surface area contributed by atoms with Crippen molar-refractivity contribution in [3.8, 4) is 0 Å². The topological polar surface area (TPSA) is 58.1 Å². The lowest BCUT2D eigenvalue weighted by atomic mass is 10.2. The second kappa shape index (κ2) is 4.57. The fourth-order valence-corrected chi connectivity index (χ4v) is 1.75. The highest BCUT2D eigenvalue weighted by molar-refractivity contribution is 5.83. The molecule has 1 N–H and O–H groups in total. The standard InChI is InChI=1S/C11H16N4O/c1-8-5-13-9(6-12-8)7-14-10-3-4-15(2)11(10)16/h5-6,10,14H,3-4,7H2,1-2H3. The van der Waals surface area contributed by atoms with Crippen molar-refractivity contribution in [1.29, 1.82) is 0 Å². The number of rotatable bonds is 3. The molecule has 0 aliphatic carbocycles. The van der Waals surface area contributed by atoms with Gasteiger partial charge in [-0.3, -0.25) is 14.8 Å². The highest BCUT2D eigenvalue weighted by atomic mass is 16.2. The predicted molar refractivity (Wildman–Crippen MR) is 59.7 cm³/mol. The van der Waals surface area contributed by atoms with Gasteiger partial charge in [-0.1, -0.05) is 0 Å². The Bertz CT molecular complexity index is 376. The van der Waals surface area contributed by atoms with Crippen LogP contribution in [0, 0.1) is 6.92 Å². The van der Waals surface area contributed by atoms with E-state index in [1.165, 1.54) is 0 Å². The van der Waals surface area contributed by atoms with Crippen LogP contribution in [0.15, 0.2) is 12.4 Å². The predicted octanol–water partition coefficient (Wildman–Crippen LogP) is 0.105. The summed E-state index contributed by atoms with van der Waals surface area (Å²) in [5, 5.41) is 3.20. The Hall–Kier alpha value is -1.49. The molecule has 2 heterocycles. The van der Waals surface area contributed by atoms with Crippen LogP contribution in [0.3, 0.4) is 0 Å². The number of hydrogen-bond donors (Lipinski definition) is 1. The van der Waals surface area contributed by atoms with Gasteiger partial charge in [0.25, 0.3) is 0 Å². The van der Waals surface area contributed by atoms with Crippen molar-refractivity contribution >= 4 is 5.91 Å². The first-order valence-corrected chi connectivity index (χ1v) is 5.42. The molecule has 0 saturated carbocycles. The molecule has 5 heteroatoms. The lowest BCUT2D eigenvalue weighted by Gasteiger charge is -2.11. The van der Waals surface area contributed by atoms with Gasteiger partial charge in [0.15, 0.2) is 0 Å². The third-order valence-corrected chi connectivity index (χ3v) is 2.79. The Morgan fingerprint density at radius 2 is 2.31 bits per heavy atom. The van der Waals surface area contributed by atoms with Crippen LogP contribution in [0.4, 0.5) is 0 Å². The zero-order valence-electron chi connectivity index (χ0n) is 9.60. The molecule has 0 bridgehead atoms.